The molecule has 5 nitrogen and oxygen atoms in total. The average molecular weight is 398 g/mol. The van der Waals surface area contributed by atoms with Crippen LogP contribution in [0.1, 0.15) is 23.3 Å². The van der Waals surface area contributed by atoms with Crippen LogP contribution in [0.15, 0.2) is 40.8 Å². The van der Waals surface area contributed by atoms with Gasteiger partial charge in [-0.3, -0.25) is 4.90 Å². The molecule has 0 amide bonds. The quantitative estimate of drug-likeness (QED) is 0.601. The van der Waals surface area contributed by atoms with Gasteiger partial charge in [0.2, 0.25) is 5.89 Å². The molecule has 3 aromatic rings. The van der Waals surface area contributed by atoms with Crippen molar-refractivity contribution in [1.82, 2.24) is 9.88 Å². The van der Waals surface area contributed by atoms with E-state index in [-0.39, 0.29) is 0 Å². The topological polar surface area (TPSA) is 41.7 Å². The molecule has 6 heteroatoms. The van der Waals surface area contributed by atoms with E-state index in [1.165, 1.54) is 10.6 Å². The molecule has 0 N–H and O–H groups in total. The van der Waals surface area contributed by atoms with Crippen LogP contribution in [0, 0.1) is 13.8 Å². The summed E-state index contributed by atoms with van der Waals surface area (Å²) in [5.74, 6) is 2.64. The zero-order valence-electron chi connectivity index (χ0n) is 16.8. The molecule has 0 saturated carbocycles. The number of ether oxygens (including phenoxy) is 1. The maximum absolute atomic E-state index is 5.93. The predicted molar refractivity (Wildman–Crippen MR) is 114 cm³/mol. The van der Waals surface area contributed by atoms with Gasteiger partial charge in [-0.05, 0) is 45.0 Å². The summed E-state index contributed by atoms with van der Waals surface area (Å²) in [5.41, 5.74) is 2.24. The molecule has 0 bridgehead atoms. The van der Waals surface area contributed by atoms with Gasteiger partial charge < -0.3 is 14.1 Å². The molecule has 148 valence electrons. The molecule has 0 unspecified atom stereocenters. The molecular weight excluding hydrogens is 370 g/mol. The van der Waals surface area contributed by atoms with E-state index < -0.39 is 0 Å². The van der Waals surface area contributed by atoms with Gasteiger partial charge >= 0.3 is 0 Å². The van der Waals surface area contributed by atoms with Gasteiger partial charge in [0.05, 0.1) is 22.9 Å². The van der Waals surface area contributed by atoms with E-state index in [1.54, 1.807) is 11.3 Å². The van der Waals surface area contributed by atoms with Crippen molar-refractivity contribution in [3.8, 4) is 16.5 Å². The first-order chi connectivity index (χ1) is 13.6. The molecule has 0 radical (unpaired) electrons. The molecule has 1 fully saturated rings. The molecule has 0 spiro atoms. The lowest BCUT2D eigenvalue weighted by Crippen LogP contribution is -2.46. The van der Waals surface area contributed by atoms with Crippen molar-refractivity contribution in [2.45, 2.75) is 27.3 Å². The lowest BCUT2D eigenvalue weighted by Gasteiger charge is -2.36. The number of anilines is 1. The summed E-state index contributed by atoms with van der Waals surface area (Å²) in [5, 5.41) is 0. The smallest absolute Gasteiger partial charge is 0.236 e. The maximum atomic E-state index is 5.93. The van der Waals surface area contributed by atoms with E-state index in [2.05, 4.69) is 47.1 Å². The number of nitrogens with zero attached hydrogens (tertiary/aromatic N) is 3. The Morgan fingerprint density at radius 1 is 1.07 bits per heavy atom. The number of rotatable bonds is 6. The Bertz CT molecular complexity index is 926. The highest BCUT2D eigenvalue weighted by Gasteiger charge is 2.22. The minimum absolute atomic E-state index is 0.689. The standard InChI is InChI=1S/C22H27N3O2S/c1-4-26-20-8-6-5-7-19(20)25-13-11-24(12-14-25)15-18-17(3)27-22(23-18)21-10-9-16(2)28-21/h5-10H,4,11-15H2,1-3H3. The fourth-order valence-electron chi connectivity index (χ4n) is 3.58. The maximum Gasteiger partial charge on any atom is 0.236 e. The summed E-state index contributed by atoms with van der Waals surface area (Å²) in [7, 11) is 0. The van der Waals surface area contributed by atoms with Gasteiger partial charge in [0.25, 0.3) is 0 Å². The van der Waals surface area contributed by atoms with Crippen molar-refractivity contribution in [3.05, 3.63) is 52.7 Å². The summed E-state index contributed by atoms with van der Waals surface area (Å²) in [6.07, 6.45) is 0. The van der Waals surface area contributed by atoms with Crippen molar-refractivity contribution in [1.29, 1.82) is 0 Å². The average Bonchev–Trinajstić information content (AvgIpc) is 3.29. The van der Waals surface area contributed by atoms with Crippen LogP contribution in [0.2, 0.25) is 0 Å². The highest BCUT2D eigenvalue weighted by atomic mass is 32.1. The van der Waals surface area contributed by atoms with E-state index in [4.69, 9.17) is 14.1 Å². The highest BCUT2D eigenvalue weighted by Crippen LogP contribution is 2.30. The van der Waals surface area contributed by atoms with Crippen LogP contribution in [0.4, 0.5) is 5.69 Å². The van der Waals surface area contributed by atoms with Crippen molar-refractivity contribution >= 4 is 17.0 Å². The van der Waals surface area contributed by atoms with Crippen LogP contribution in [0.25, 0.3) is 10.8 Å². The Labute approximate surface area is 170 Å². The lowest BCUT2D eigenvalue weighted by atomic mass is 10.2. The van der Waals surface area contributed by atoms with E-state index in [0.29, 0.717) is 6.61 Å². The first-order valence-corrected chi connectivity index (χ1v) is 10.7. The van der Waals surface area contributed by atoms with Crippen molar-refractivity contribution in [2.24, 2.45) is 0 Å². The summed E-state index contributed by atoms with van der Waals surface area (Å²) >= 11 is 1.72. The summed E-state index contributed by atoms with van der Waals surface area (Å²) < 4.78 is 11.7. The minimum Gasteiger partial charge on any atom is -0.492 e. The number of para-hydroxylation sites is 2. The summed E-state index contributed by atoms with van der Waals surface area (Å²) in [6.45, 7) is 11.6. The molecule has 1 aliphatic rings. The zero-order valence-corrected chi connectivity index (χ0v) is 17.6. The van der Waals surface area contributed by atoms with E-state index in [1.807, 2.05) is 19.9 Å². The van der Waals surface area contributed by atoms with Gasteiger partial charge in [0, 0.05) is 37.6 Å². The minimum atomic E-state index is 0.689. The summed E-state index contributed by atoms with van der Waals surface area (Å²) in [6, 6.07) is 12.5. The number of hydrogen-bond donors (Lipinski definition) is 0. The van der Waals surface area contributed by atoms with E-state index in [0.717, 1.165) is 60.7 Å². The molecule has 0 aliphatic carbocycles. The fraction of sp³-hybridized carbons (Fsp3) is 0.409. The third kappa shape index (κ3) is 4.08. The second-order valence-corrected chi connectivity index (χ2v) is 8.38. The Balaban J connectivity index is 1.39. The second-order valence-electron chi connectivity index (χ2n) is 7.10. The number of benzene rings is 1. The number of oxazole rings is 1. The third-order valence-corrected chi connectivity index (χ3v) is 6.08. The largest absolute Gasteiger partial charge is 0.492 e. The number of thiophene rings is 1. The fourth-order valence-corrected chi connectivity index (χ4v) is 4.38. The molecule has 1 aliphatic heterocycles. The second kappa shape index (κ2) is 8.37. The van der Waals surface area contributed by atoms with Crippen LogP contribution in [-0.2, 0) is 6.54 Å². The van der Waals surface area contributed by atoms with Crippen molar-refractivity contribution < 1.29 is 9.15 Å². The Kier molecular flexibility index (Phi) is 5.69. The van der Waals surface area contributed by atoms with Crippen LogP contribution in [-0.4, -0.2) is 42.7 Å². The van der Waals surface area contributed by atoms with Crippen LogP contribution in [0.3, 0.4) is 0 Å². The molecule has 1 saturated heterocycles. The normalized spacial score (nSPS) is 15.2. The number of piperazine rings is 1. The van der Waals surface area contributed by atoms with E-state index >= 15 is 0 Å². The third-order valence-electron chi connectivity index (χ3n) is 5.10. The molecule has 0 atom stereocenters. The van der Waals surface area contributed by atoms with Gasteiger partial charge in [-0.15, -0.1) is 11.3 Å². The van der Waals surface area contributed by atoms with Gasteiger partial charge in [-0.25, -0.2) is 4.98 Å². The Hall–Kier alpha value is -2.31. The molecule has 2 aromatic heterocycles. The van der Waals surface area contributed by atoms with Crippen LogP contribution < -0.4 is 9.64 Å². The number of hydrogen-bond acceptors (Lipinski definition) is 6. The molecular formula is C22H27N3O2S. The molecule has 4 rings (SSSR count). The molecule has 3 heterocycles. The van der Waals surface area contributed by atoms with Gasteiger partial charge in [0.15, 0.2) is 0 Å². The van der Waals surface area contributed by atoms with Gasteiger partial charge in [-0.2, -0.15) is 0 Å². The SMILES string of the molecule is CCOc1ccccc1N1CCN(Cc2nc(-c3ccc(C)s3)oc2C)CC1. The first kappa shape index (κ1) is 19.0. The monoisotopic (exact) mass is 397 g/mol. The Morgan fingerprint density at radius 2 is 1.86 bits per heavy atom. The zero-order chi connectivity index (χ0) is 19.5. The van der Waals surface area contributed by atoms with Crippen LogP contribution >= 0.6 is 11.3 Å². The van der Waals surface area contributed by atoms with Crippen molar-refractivity contribution in [3.63, 3.8) is 0 Å². The first-order valence-electron chi connectivity index (χ1n) is 9.86. The molecule has 28 heavy (non-hydrogen) atoms. The van der Waals surface area contributed by atoms with Crippen LogP contribution in [0.5, 0.6) is 5.75 Å². The van der Waals surface area contributed by atoms with Gasteiger partial charge in [0.1, 0.15) is 11.5 Å². The predicted octanol–water partition coefficient (Wildman–Crippen LogP) is 4.74. The lowest BCUT2D eigenvalue weighted by molar-refractivity contribution is 0.245. The summed E-state index contributed by atoms with van der Waals surface area (Å²) in [4.78, 5) is 12.0. The Morgan fingerprint density at radius 3 is 2.57 bits per heavy atom. The van der Waals surface area contributed by atoms with Crippen molar-refractivity contribution in [2.75, 3.05) is 37.7 Å². The highest BCUT2D eigenvalue weighted by molar-refractivity contribution is 7.15. The molecule has 1 aromatic carbocycles. The van der Waals surface area contributed by atoms with Gasteiger partial charge in [-0.1, -0.05) is 12.1 Å². The number of aryl methyl sites for hydroxylation is 2. The van der Waals surface area contributed by atoms with E-state index in [9.17, 15) is 0 Å². The number of aromatic nitrogens is 1.